The summed E-state index contributed by atoms with van der Waals surface area (Å²) in [5, 5.41) is 4.12. The van der Waals surface area contributed by atoms with Gasteiger partial charge in [-0.1, -0.05) is 23.9 Å². The summed E-state index contributed by atoms with van der Waals surface area (Å²) in [6.07, 6.45) is 2.57. The Hall–Kier alpha value is -0.850. The third-order valence-electron chi connectivity index (χ3n) is 2.85. The summed E-state index contributed by atoms with van der Waals surface area (Å²) in [6, 6.07) is 4.83. The van der Waals surface area contributed by atoms with E-state index in [1.165, 1.54) is 17.6 Å². The van der Waals surface area contributed by atoms with Gasteiger partial charge in [-0.3, -0.25) is 0 Å². The number of hydrogen-bond donors (Lipinski definition) is 1. The van der Waals surface area contributed by atoms with Gasteiger partial charge in [0.05, 0.1) is 15.0 Å². The molecule has 0 radical (unpaired) electrons. The first kappa shape index (κ1) is 14.6. The van der Waals surface area contributed by atoms with Gasteiger partial charge in [0.1, 0.15) is 5.82 Å². The third-order valence-corrected chi connectivity index (χ3v) is 4.35. The second kappa shape index (κ2) is 6.54. The van der Waals surface area contributed by atoms with E-state index in [0.717, 1.165) is 29.0 Å². The van der Waals surface area contributed by atoms with Crippen LogP contribution in [-0.4, -0.2) is 9.59 Å². The van der Waals surface area contributed by atoms with Crippen LogP contribution in [-0.2, 0) is 12.8 Å². The Morgan fingerprint density at radius 1 is 1.47 bits per heavy atom. The summed E-state index contributed by atoms with van der Waals surface area (Å²) in [6.45, 7) is 2.10. The Morgan fingerprint density at radius 2 is 2.26 bits per heavy atom. The van der Waals surface area contributed by atoms with Crippen molar-refractivity contribution in [2.24, 2.45) is 5.73 Å². The molecule has 2 N–H and O–H groups in total. The molecule has 0 amide bonds. The normalized spacial score (nSPS) is 12.6. The van der Waals surface area contributed by atoms with Gasteiger partial charge in [-0.05, 0) is 58.0 Å². The van der Waals surface area contributed by atoms with Crippen molar-refractivity contribution in [3.05, 3.63) is 44.6 Å². The van der Waals surface area contributed by atoms with Crippen molar-refractivity contribution >= 4 is 27.5 Å². The Morgan fingerprint density at radius 3 is 2.95 bits per heavy atom. The summed E-state index contributed by atoms with van der Waals surface area (Å²) < 4.78 is 17.6. The smallest absolute Gasteiger partial charge is 0.137 e. The molecule has 1 atom stereocenters. The predicted molar refractivity (Wildman–Crippen MR) is 78.6 cm³/mol. The van der Waals surface area contributed by atoms with E-state index in [-0.39, 0.29) is 11.9 Å². The highest BCUT2D eigenvalue weighted by Gasteiger charge is 2.16. The highest BCUT2D eigenvalue weighted by Crippen LogP contribution is 2.25. The highest BCUT2D eigenvalue weighted by molar-refractivity contribution is 9.10. The Bertz CT molecular complexity index is 559. The molecule has 3 nitrogen and oxygen atoms in total. The average Bonchev–Trinajstić information content (AvgIpc) is 2.83. The lowest BCUT2D eigenvalue weighted by Crippen LogP contribution is -2.14. The van der Waals surface area contributed by atoms with Crippen molar-refractivity contribution in [1.29, 1.82) is 0 Å². The van der Waals surface area contributed by atoms with E-state index in [2.05, 4.69) is 32.4 Å². The zero-order valence-corrected chi connectivity index (χ0v) is 13.0. The van der Waals surface area contributed by atoms with Crippen LogP contribution in [0, 0.1) is 5.82 Å². The molecule has 1 aromatic heterocycles. The van der Waals surface area contributed by atoms with E-state index >= 15 is 0 Å². The minimum absolute atomic E-state index is 0.140. The van der Waals surface area contributed by atoms with Crippen molar-refractivity contribution in [1.82, 2.24) is 9.59 Å². The molecular weight excluding hydrogens is 329 g/mol. The maximum Gasteiger partial charge on any atom is 0.137 e. The zero-order chi connectivity index (χ0) is 13.8. The number of halogens is 2. The highest BCUT2D eigenvalue weighted by atomic mass is 79.9. The summed E-state index contributed by atoms with van der Waals surface area (Å²) in [4.78, 5) is 1.03. The lowest BCUT2D eigenvalue weighted by atomic mass is 10.0. The number of hydrogen-bond acceptors (Lipinski definition) is 4. The van der Waals surface area contributed by atoms with Crippen molar-refractivity contribution in [3.63, 3.8) is 0 Å². The van der Waals surface area contributed by atoms with E-state index in [4.69, 9.17) is 5.73 Å². The van der Waals surface area contributed by atoms with Crippen LogP contribution in [0.4, 0.5) is 4.39 Å². The lowest BCUT2D eigenvalue weighted by molar-refractivity contribution is 0.618. The molecule has 0 fully saturated rings. The molecule has 0 aliphatic heterocycles. The maximum atomic E-state index is 13.2. The van der Waals surface area contributed by atoms with Crippen molar-refractivity contribution < 1.29 is 4.39 Å². The molecule has 102 valence electrons. The van der Waals surface area contributed by atoms with Crippen LogP contribution in [0.2, 0.25) is 0 Å². The molecule has 0 saturated carbocycles. The number of nitrogens with two attached hydrogens (primary N) is 1. The Kier molecular flexibility index (Phi) is 5.01. The van der Waals surface area contributed by atoms with Gasteiger partial charge in [0.15, 0.2) is 0 Å². The molecule has 0 saturated heterocycles. The zero-order valence-electron chi connectivity index (χ0n) is 10.6. The fraction of sp³-hybridized carbons (Fsp3) is 0.385. The SMILES string of the molecule is CCCc1nnsc1C(N)Cc1ccc(F)c(Br)c1. The quantitative estimate of drug-likeness (QED) is 0.901. The molecule has 19 heavy (non-hydrogen) atoms. The number of nitrogens with zero attached hydrogens (tertiary/aromatic N) is 2. The molecule has 0 aliphatic rings. The van der Waals surface area contributed by atoms with Crippen LogP contribution < -0.4 is 5.73 Å². The second-order valence-corrected chi connectivity index (χ2v) is 6.03. The predicted octanol–water partition coefficient (Wildman–Crippen LogP) is 3.63. The van der Waals surface area contributed by atoms with Gasteiger partial charge < -0.3 is 5.73 Å². The molecule has 0 bridgehead atoms. The Balaban J connectivity index is 2.13. The average molecular weight is 344 g/mol. The first-order chi connectivity index (χ1) is 9.11. The maximum absolute atomic E-state index is 13.2. The molecule has 2 rings (SSSR count). The third kappa shape index (κ3) is 3.58. The molecular formula is C13H15BrFN3S. The number of aryl methyl sites for hydroxylation is 1. The van der Waals surface area contributed by atoms with Gasteiger partial charge >= 0.3 is 0 Å². The van der Waals surface area contributed by atoms with Gasteiger partial charge in [0, 0.05) is 6.04 Å². The van der Waals surface area contributed by atoms with Crippen LogP contribution in [0.15, 0.2) is 22.7 Å². The van der Waals surface area contributed by atoms with Crippen LogP contribution >= 0.6 is 27.5 Å². The fourth-order valence-corrected chi connectivity index (χ4v) is 3.04. The van der Waals surface area contributed by atoms with E-state index in [9.17, 15) is 4.39 Å². The van der Waals surface area contributed by atoms with Crippen LogP contribution in [0.3, 0.4) is 0 Å². The second-order valence-electron chi connectivity index (χ2n) is 4.39. The van der Waals surface area contributed by atoms with Gasteiger partial charge in [-0.2, -0.15) is 0 Å². The van der Waals surface area contributed by atoms with Crippen LogP contribution in [0.5, 0.6) is 0 Å². The van der Waals surface area contributed by atoms with Gasteiger partial charge in [0.25, 0.3) is 0 Å². The van der Waals surface area contributed by atoms with E-state index in [1.807, 2.05) is 0 Å². The first-order valence-corrected chi connectivity index (χ1v) is 7.69. The number of benzene rings is 1. The largest absolute Gasteiger partial charge is 0.323 e. The van der Waals surface area contributed by atoms with Gasteiger partial charge in [-0.15, -0.1) is 5.10 Å². The number of rotatable bonds is 5. The number of aromatic nitrogens is 2. The monoisotopic (exact) mass is 343 g/mol. The molecule has 0 spiro atoms. The lowest BCUT2D eigenvalue weighted by Gasteiger charge is -2.11. The molecule has 6 heteroatoms. The molecule has 2 aromatic rings. The van der Waals surface area contributed by atoms with Crippen LogP contribution in [0.1, 0.15) is 35.5 Å². The van der Waals surface area contributed by atoms with Crippen molar-refractivity contribution in [3.8, 4) is 0 Å². The molecule has 1 unspecified atom stereocenters. The van der Waals surface area contributed by atoms with E-state index in [1.54, 1.807) is 12.1 Å². The van der Waals surface area contributed by atoms with Crippen molar-refractivity contribution in [2.75, 3.05) is 0 Å². The van der Waals surface area contributed by atoms with E-state index in [0.29, 0.717) is 10.9 Å². The van der Waals surface area contributed by atoms with Crippen LogP contribution in [0.25, 0.3) is 0 Å². The van der Waals surface area contributed by atoms with Crippen molar-refractivity contribution in [2.45, 2.75) is 32.2 Å². The molecule has 1 aromatic carbocycles. The topological polar surface area (TPSA) is 51.8 Å². The summed E-state index contributed by atoms with van der Waals surface area (Å²) in [5.74, 6) is -0.261. The van der Waals surface area contributed by atoms with Gasteiger partial charge in [0.2, 0.25) is 0 Å². The summed E-state index contributed by atoms with van der Waals surface area (Å²) >= 11 is 4.54. The molecule has 0 aliphatic carbocycles. The van der Waals surface area contributed by atoms with Gasteiger partial charge in [-0.25, -0.2) is 4.39 Å². The molecule has 1 heterocycles. The minimum Gasteiger partial charge on any atom is -0.323 e. The summed E-state index contributed by atoms with van der Waals surface area (Å²) in [7, 11) is 0. The fourth-order valence-electron chi connectivity index (χ4n) is 1.92. The minimum atomic E-state index is -0.261. The summed E-state index contributed by atoms with van der Waals surface area (Å²) in [5.41, 5.74) is 8.20. The van der Waals surface area contributed by atoms with E-state index < -0.39 is 0 Å². The first-order valence-electron chi connectivity index (χ1n) is 6.12. The Labute approximate surface area is 124 Å². The standard InChI is InChI=1S/C13H15BrFN3S/c1-2-3-12-13(19-18-17-12)11(16)7-8-4-5-10(15)9(14)6-8/h4-6,11H,2-3,7,16H2,1H3.